The minimum Gasteiger partial charge on any atom is -0.506 e. The number of phenolic OH excluding ortho intramolecular Hbond substituents is 1. The normalized spacial score (nSPS) is 10.6. The van der Waals surface area contributed by atoms with Gasteiger partial charge in [-0.3, -0.25) is 0 Å². The lowest BCUT2D eigenvalue weighted by Gasteiger charge is -1.97. The van der Waals surface area contributed by atoms with Gasteiger partial charge in [-0.2, -0.15) is 0 Å². The molecule has 0 radical (unpaired) electrons. The zero-order chi connectivity index (χ0) is 11.7. The summed E-state index contributed by atoms with van der Waals surface area (Å²) in [6.45, 7) is 4.01. The Balaban J connectivity index is 2.55. The van der Waals surface area contributed by atoms with Crippen LogP contribution in [0.4, 0.5) is 0 Å². The fourth-order valence-electron chi connectivity index (χ4n) is 1.66. The summed E-state index contributed by atoms with van der Waals surface area (Å²) >= 11 is 0. The third-order valence-electron chi connectivity index (χ3n) is 2.49. The molecule has 0 aliphatic heterocycles. The van der Waals surface area contributed by atoms with E-state index in [2.05, 4.69) is 4.98 Å². The summed E-state index contributed by atoms with van der Waals surface area (Å²) < 4.78 is 4.89. The molecule has 0 aliphatic rings. The number of carbonyl (C=O) groups is 1. The number of carbonyl (C=O) groups excluding carboxylic acids is 1. The number of nitrogens with one attached hydrogen (secondary N) is 1. The van der Waals surface area contributed by atoms with Crippen molar-refractivity contribution in [1.29, 1.82) is 0 Å². The van der Waals surface area contributed by atoms with Gasteiger partial charge in [0.2, 0.25) is 0 Å². The van der Waals surface area contributed by atoms with Crippen molar-refractivity contribution in [2.24, 2.45) is 0 Å². The number of hydrogen-bond acceptors (Lipinski definition) is 3. The number of hydrogen-bond donors (Lipinski definition) is 2. The minimum atomic E-state index is -0.405. The number of phenols is 1. The number of aromatic hydroxyl groups is 1. The summed E-state index contributed by atoms with van der Waals surface area (Å²) in [5, 5.41) is 10.5. The molecule has 0 bridgehead atoms. The highest BCUT2D eigenvalue weighted by Crippen LogP contribution is 2.27. The van der Waals surface area contributed by atoms with Crippen LogP contribution >= 0.6 is 0 Å². The van der Waals surface area contributed by atoms with Crippen LogP contribution in [0, 0.1) is 6.92 Å². The Hall–Kier alpha value is -1.97. The molecule has 1 aromatic heterocycles. The van der Waals surface area contributed by atoms with Crippen molar-refractivity contribution < 1.29 is 14.6 Å². The molecule has 16 heavy (non-hydrogen) atoms. The fraction of sp³-hybridized carbons (Fsp3) is 0.250. The lowest BCUT2D eigenvalue weighted by molar-refractivity contribution is 0.0520. The summed E-state index contributed by atoms with van der Waals surface area (Å²) in [5.41, 5.74) is 1.93. The van der Waals surface area contributed by atoms with E-state index in [0.29, 0.717) is 17.8 Å². The smallest absolute Gasteiger partial charge is 0.354 e. The zero-order valence-corrected chi connectivity index (χ0v) is 9.20. The third-order valence-corrected chi connectivity index (χ3v) is 2.49. The number of esters is 1. The summed E-state index contributed by atoms with van der Waals surface area (Å²) in [6.07, 6.45) is 0. The highest BCUT2D eigenvalue weighted by atomic mass is 16.5. The van der Waals surface area contributed by atoms with Crippen LogP contribution in [0.3, 0.4) is 0 Å². The topological polar surface area (TPSA) is 62.3 Å². The van der Waals surface area contributed by atoms with E-state index >= 15 is 0 Å². The van der Waals surface area contributed by atoms with Crippen LogP contribution in [0.5, 0.6) is 5.75 Å². The van der Waals surface area contributed by atoms with Gasteiger partial charge in [-0.1, -0.05) is 6.07 Å². The number of ether oxygens (including phenoxy) is 1. The zero-order valence-electron chi connectivity index (χ0n) is 9.20. The van der Waals surface area contributed by atoms with Gasteiger partial charge in [-0.05, 0) is 31.5 Å². The Labute approximate surface area is 92.9 Å². The molecule has 0 amide bonds. The van der Waals surface area contributed by atoms with Crippen molar-refractivity contribution in [1.82, 2.24) is 4.98 Å². The predicted octanol–water partition coefficient (Wildman–Crippen LogP) is 2.36. The van der Waals surface area contributed by atoms with Crippen LogP contribution in [0.25, 0.3) is 10.9 Å². The number of aromatic amines is 1. The van der Waals surface area contributed by atoms with Gasteiger partial charge in [0.25, 0.3) is 0 Å². The lowest BCUT2D eigenvalue weighted by atomic mass is 10.1. The van der Waals surface area contributed by atoms with Gasteiger partial charge in [0.05, 0.1) is 12.1 Å². The Kier molecular flexibility index (Phi) is 2.56. The van der Waals surface area contributed by atoms with Crippen LogP contribution in [-0.4, -0.2) is 22.7 Å². The van der Waals surface area contributed by atoms with Crippen LogP contribution < -0.4 is 0 Å². The monoisotopic (exact) mass is 219 g/mol. The van der Waals surface area contributed by atoms with Gasteiger partial charge >= 0.3 is 5.97 Å². The average Bonchev–Trinajstić information content (AvgIpc) is 2.70. The van der Waals surface area contributed by atoms with Crippen LogP contribution in [0.1, 0.15) is 23.0 Å². The molecular weight excluding hydrogens is 206 g/mol. The van der Waals surface area contributed by atoms with E-state index in [1.807, 2.05) is 6.92 Å². The molecule has 0 unspecified atom stereocenters. The van der Waals surface area contributed by atoms with E-state index in [9.17, 15) is 9.90 Å². The highest BCUT2D eigenvalue weighted by molar-refractivity contribution is 5.97. The van der Waals surface area contributed by atoms with Crippen LogP contribution in [-0.2, 0) is 4.74 Å². The van der Waals surface area contributed by atoms with Gasteiger partial charge in [0.15, 0.2) is 0 Å². The number of aromatic nitrogens is 1. The first-order chi connectivity index (χ1) is 7.63. The van der Waals surface area contributed by atoms with E-state index in [1.165, 1.54) is 0 Å². The van der Waals surface area contributed by atoms with Crippen molar-refractivity contribution in [3.05, 3.63) is 29.5 Å². The van der Waals surface area contributed by atoms with Gasteiger partial charge in [-0.25, -0.2) is 4.79 Å². The largest absolute Gasteiger partial charge is 0.506 e. The van der Waals surface area contributed by atoms with E-state index in [-0.39, 0.29) is 5.75 Å². The van der Waals surface area contributed by atoms with Crippen molar-refractivity contribution in [3.63, 3.8) is 0 Å². The molecular formula is C12H13NO3. The summed E-state index contributed by atoms with van der Waals surface area (Å²) in [7, 11) is 0. The molecule has 4 nitrogen and oxygen atoms in total. The van der Waals surface area contributed by atoms with Crippen LogP contribution in [0.15, 0.2) is 18.2 Å². The summed E-state index contributed by atoms with van der Waals surface area (Å²) in [6, 6.07) is 5.10. The molecule has 2 rings (SSSR count). The number of H-pyrrole nitrogens is 1. The number of fused-ring (bicyclic) bond motifs is 1. The molecule has 84 valence electrons. The predicted molar refractivity (Wildman–Crippen MR) is 60.7 cm³/mol. The first kappa shape index (κ1) is 10.5. The van der Waals surface area contributed by atoms with E-state index in [0.717, 1.165) is 10.9 Å². The molecule has 0 spiro atoms. The molecule has 0 fully saturated rings. The molecule has 0 aliphatic carbocycles. The SMILES string of the molecule is CCOC(=O)c1cc2c(C)ccc(O)c2[nH]1. The highest BCUT2D eigenvalue weighted by Gasteiger charge is 2.13. The number of benzene rings is 1. The number of rotatable bonds is 2. The Morgan fingerprint density at radius 3 is 2.88 bits per heavy atom. The average molecular weight is 219 g/mol. The molecule has 1 aromatic carbocycles. The maximum atomic E-state index is 11.5. The van der Waals surface area contributed by atoms with Crippen molar-refractivity contribution in [3.8, 4) is 5.75 Å². The first-order valence-corrected chi connectivity index (χ1v) is 5.12. The maximum Gasteiger partial charge on any atom is 0.354 e. The molecule has 1 heterocycles. The van der Waals surface area contributed by atoms with Gasteiger partial charge in [-0.15, -0.1) is 0 Å². The van der Waals surface area contributed by atoms with Gasteiger partial charge in [0.1, 0.15) is 11.4 Å². The second kappa shape index (κ2) is 3.89. The summed E-state index contributed by atoms with van der Waals surface area (Å²) in [4.78, 5) is 14.4. The van der Waals surface area contributed by atoms with Gasteiger partial charge < -0.3 is 14.8 Å². The molecule has 0 atom stereocenters. The second-order valence-electron chi connectivity index (χ2n) is 3.59. The van der Waals surface area contributed by atoms with Crippen LogP contribution in [0.2, 0.25) is 0 Å². The quantitative estimate of drug-likeness (QED) is 0.762. The van der Waals surface area contributed by atoms with E-state index < -0.39 is 5.97 Å². The third kappa shape index (κ3) is 1.62. The molecule has 2 aromatic rings. The Bertz CT molecular complexity index is 503. The number of aryl methyl sites for hydroxylation is 1. The molecule has 4 heteroatoms. The first-order valence-electron chi connectivity index (χ1n) is 5.12. The van der Waals surface area contributed by atoms with Crippen molar-refractivity contribution >= 4 is 16.9 Å². The minimum absolute atomic E-state index is 0.135. The van der Waals surface area contributed by atoms with Crippen molar-refractivity contribution in [2.45, 2.75) is 13.8 Å². The lowest BCUT2D eigenvalue weighted by Crippen LogP contribution is -2.04. The molecule has 0 saturated heterocycles. The fourth-order valence-corrected chi connectivity index (χ4v) is 1.66. The molecule has 0 saturated carbocycles. The maximum absolute atomic E-state index is 11.5. The van der Waals surface area contributed by atoms with Gasteiger partial charge in [0, 0.05) is 5.39 Å². The Morgan fingerprint density at radius 2 is 2.25 bits per heavy atom. The second-order valence-corrected chi connectivity index (χ2v) is 3.59. The standard InChI is InChI=1S/C12H13NO3/c1-3-16-12(15)9-6-8-7(2)4-5-10(14)11(8)13-9/h4-6,13-14H,3H2,1-2H3. The van der Waals surface area contributed by atoms with E-state index in [4.69, 9.17) is 4.74 Å². The molecule has 2 N–H and O–H groups in total. The summed E-state index contributed by atoms with van der Waals surface area (Å²) in [5.74, 6) is -0.270. The Morgan fingerprint density at radius 1 is 1.50 bits per heavy atom. The van der Waals surface area contributed by atoms with Crippen molar-refractivity contribution in [2.75, 3.05) is 6.61 Å². The van der Waals surface area contributed by atoms with E-state index in [1.54, 1.807) is 25.1 Å².